The van der Waals surface area contributed by atoms with Gasteiger partial charge in [0.25, 0.3) is 5.91 Å². The van der Waals surface area contributed by atoms with E-state index in [-0.39, 0.29) is 48.2 Å². The maximum atomic E-state index is 15.2. The number of rotatable bonds is 11. The number of esters is 1. The van der Waals surface area contributed by atoms with Crippen molar-refractivity contribution < 1.29 is 33.3 Å². The maximum absolute atomic E-state index is 15.2. The first kappa shape index (κ1) is 51.3. The van der Waals surface area contributed by atoms with E-state index in [1.165, 1.54) is 37.7 Å². The van der Waals surface area contributed by atoms with E-state index in [2.05, 4.69) is 81.7 Å². The van der Waals surface area contributed by atoms with Gasteiger partial charge in [0.05, 0.1) is 48.5 Å². The number of hydrogen-bond acceptors (Lipinski definition) is 13. The van der Waals surface area contributed by atoms with E-state index in [1.54, 1.807) is 23.5 Å². The van der Waals surface area contributed by atoms with Gasteiger partial charge in [-0.25, -0.2) is 15.2 Å². The van der Waals surface area contributed by atoms with Crippen molar-refractivity contribution in [3.63, 3.8) is 0 Å². The van der Waals surface area contributed by atoms with Crippen LogP contribution in [0.5, 0.6) is 0 Å². The normalized spacial score (nSPS) is 27.3. The number of ether oxygens (including phenoxy) is 4. The minimum Gasteiger partial charge on any atom is -0.464 e. The average molecular weight is 1050 g/mol. The maximum Gasteiger partial charge on any atom is 0.324 e. The number of pyridine rings is 1. The molecule has 8 aliphatic rings. The van der Waals surface area contributed by atoms with Gasteiger partial charge in [-0.05, 0) is 145 Å². The lowest BCUT2D eigenvalue weighted by atomic mass is 9.63. The van der Waals surface area contributed by atoms with Crippen LogP contribution in [0.1, 0.15) is 145 Å². The third kappa shape index (κ3) is 10.3. The Kier molecular flexibility index (Phi) is 14.4. The number of nitrogens with one attached hydrogen (secondary N) is 2. The number of cyclic esters (lactones) is 1. The second-order valence-corrected chi connectivity index (χ2v) is 25.2. The first-order chi connectivity index (χ1) is 36.3. The molecule has 404 valence electrons. The lowest BCUT2D eigenvalue weighted by Crippen LogP contribution is -2.68. The zero-order valence-corrected chi connectivity index (χ0v) is 45.8. The Balaban J connectivity index is 1.00. The van der Waals surface area contributed by atoms with Crippen LogP contribution in [0.4, 0.5) is 4.79 Å². The quantitative estimate of drug-likeness (QED) is 0.139. The number of fused-ring (bicyclic) bond motifs is 6. The van der Waals surface area contributed by atoms with Gasteiger partial charge in [0, 0.05) is 104 Å². The molecule has 1 aromatic carbocycles. The van der Waals surface area contributed by atoms with Gasteiger partial charge < -0.3 is 38.6 Å². The number of nitrogens with zero attached hydrogens (tertiary/aromatic N) is 7. The molecule has 5 atom stereocenters. The molecular weight excluding hydrogens is 967 g/mol. The van der Waals surface area contributed by atoms with E-state index in [0.717, 1.165) is 114 Å². The molecule has 6 aliphatic heterocycles. The molecule has 2 aliphatic carbocycles. The van der Waals surface area contributed by atoms with Crippen LogP contribution >= 0.6 is 11.3 Å². The highest BCUT2D eigenvalue weighted by Crippen LogP contribution is 2.52. The highest BCUT2D eigenvalue weighted by atomic mass is 32.1. The van der Waals surface area contributed by atoms with Crippen LogP contribution in [0.2, 0.25) is 0 Å². The first-order valence-corrected chi connectivity index (χ1v) is 29.3. The Labute approximate surface area is 446 Å². The van der Waals surface area contributed by atoms with Crippen molar-refractivity contribution in [1.82, 2.24) is 45.0 Å². The minimum atomic E-state index is -0.949. The third-order valence-electron chi connectivity index (χ3n) is 18.4. The number of likely N-dealkylation sites (tertiary alicyclic amines) is 3. The predicted molar refractivity (Wildman–Crippen MR) is 288 cm³/mol. The largest absolute Gasteiger partial charge is 0.464 e. The molecule has 9 heterocycles. The lowest BCUT2D eigenvalue weighted by molar-refractivity contribution is -0.156. The summed E-state index contributed by atoms with van der Waals surface area (Å²) in [6.45, 7) is 16.2. The SMILES string of the molecule is CO[C@@H](C)c1ncc(C2CCN(C3CC3)CC2)cc1-c1c2c3cc(ccc3n1CCOC1CCOCC1)-c1csc(n1)[C@@H](N1CC3(CCC3)C1)[C@H](NC(=O)N1CC[C@H]1C)C(=O)N1CCC[C@H](N1)C(=O)OCC(C)(C)C2. The smallest absolute Gasteiger partial charge is 0.324 e. The van der Waals surface area contributed by atoms with Crippen LogP contribution in [0, 0.1) is 10.8 Å². The van der Waals surface area contributed by atoms with Crippen molar-refractivity contribution >= 4 is 40.1 Å². The molecule has 0 radical (unpaired) electrons. The number of carbonyl (C=O) groups excluding carboxylic acids is 3. The van der Waals surface area contributed by atoms with Crippen LogP contribution < -0.4 is 10.7 Å². The molecule has 1 spiro atoms. The number of amides is 3. The fourth-order valence-electron chi connectivity index (χ4n) is 13.4. The molecule has 75 heavy (non-hydrogen) atoms. The summed E-state index contributed by atoms with van der Waals surface area (Å²) in [5, 5.41) is 8.86. The van der Waals surface area contributed by atoms with Crippen molar-refractivity contribution in [1.29, 1.82) is 0 Å². The van der Waals surface area contributed by atoms with Gasteiger partial charge in [0.15, 0.2) is 0 Å². The Morgan fingerprint density at radius 2 is 1.77 bits per heavy atom. The number of methoxy groups -OCH3 is 1. The zero-order chi connectivity index (χ0) is 51.6. The van der Waals surface area contributed by atoms with Gasteiger partial charge in [0.2, 0.25) is 0 Å². The van der Waals surface area contributed by atoms with Crippen molar-refractivity contribution in [3.8, 4) is 22.5 Å². The van der Waals surface area contributed by atoms with E-state index in [4.69, 9.17) is 28.9 Å². The fourth-order valence-corrected chi connectivity index (χ4v) is 14.4. The topological polar surface area (TPSA) is 156 Å². The number of aromatic nitrogens is 3. The number of thiazole rings is 1. The van der Waals surface area contributed by atoms with E-state index in [0.29, 0.717) is 64.6 Å². The summed E-state index contributed by atoms with van der Waals surface area (Å²) in [6, 6.07) is 7.57. The van der Waals surface area contributed by atoms with Crippen LogP contribution in [0.25, 0.3) is 33.4 Å². The van der Waals surface area contributed by atoms with E-state index in [9.17, 15) is 9.59 Å². The van der Waals surface area contributed by atoms with Gasteiger partial charge in [-0.1, -0.05) is 26.3 Å². The van der Waals surface area contributed by atoms with Crippen molar-refractivity contribution in [3.05, 3.63) is 57.7 Å². The minimum absolute atomic E-state index is 0.0860. The molecular formula is C58H79N9O7S. The average Bonchev–Trinajstić information content (AvgIpc) is 4.07. The molecule has 6 bridgehead atoms. The zero-order valence-electron chi connectivity index (χ0n) is 44.9. The van der Waals surface area contributed by atoms with Crippen LogP contribution in [0.3, 0.4) is 0 Å². The summed E-state index contributed by atoms with van der Waals surface area (Å²) in [6.07, 6.45) is 14.8. The molecule has 2 N–H and O–H groups in total. The van der Waals surface area contributed by atoms with Crippen molar-refractivity contribution in [2.24, 2.45) is 10.8 Å². The second-order valence-electron chi connectivity index (χ2n) is 24.3. The fraction of sp³-hybridized carbons (Fsp3) is 0.672. The summed E-state index contributed by atoms with van der Waals surface area (Å²) in [5.74, 6) is -0.254. The van der Waals surface area contributed by atoms with E-state index >= 15 is 4.79 Å². The van der Waals surface area contributed by atoms with Crippen LogP contribution in [-0.4, -0.2) is 155 Å². The molecule has 17 heteroatoms. The Morgan fingerprint density at radius 1 is 0.973 bits per heavy atom. The Morgan fingerprint density at radius 3 is 2.48 bits per heavy atom. The number of hydrazine groups is 1. The highest BCUT2D eigenvalue weighted by molar-refractivity contribution is 7.10. The third-order valence-corrected chi connectivity index (χ3v) is 19.3. The van der Waals surface area contributed by atoms with Gasteiger partial charge in [0.1, 0.15) is 17.1 Å². The predicted octanol–water partition coefficient (Wildman–Crippen LogP) is 8.39. The summed E-state index contributed by atoms with van der Waals surface area (Å²) >= 11 is 1.56. The lowest BCUT2D eigenvalue weighted by Gasteiger charge is -2.59. The molecule has 16 nitrogen and oxygen atoms in total. The van der Waals surface area contributed by atoms with Gasteiger partial charge in [-0.3, -0.25) is 24.5 Å². The summed E-state index contributed by atoms with van der Waals surface area (Å²) < 4.78 is 27.4. The van der Waals surface area contributed by atoms with Gasteiger partial charge in [-0.15, -0.1) is 11.3 Å². The number of piperidine rings is 1. The van der Waals surface area contributed by atoms with Crippen LogP contribution in [-0.2, 0) is 41.5 Å². The summed E-state index contributed by atoms with van der Waals surface area (Å²) in [7, 11) is 1.76. The van der Waals surface area contributed by atoms with E-state index < -0.39 is 23.5 Å². The van der Waals surface area contributed by atoms with E-state index in [1.807, 2.05) is 11.8 Å². The molecule has 7 fully saturated rings. The molecule has 5 saturated heterocycles. The highest BCUT2D eigenvalue weighted by Gasteiger charge is 2.53. The number of hydrogen-bond donors (Lipinski definition) is 2. The van der Waals surface area contributed by atoms with Gasteiger partial charge >= 0.3 is 12.0 Å². The summed E-state index contributed by atoms with van der Waals surface area (Å²) in [5.41, 5.74) is 11.4. The molecule has 12 rings (SSSR count). The number of benzene rings is 1. The second kappa shape index (κ2) is 21.0. The molecule has 0 unspecified atom stereocenters. The Bertz CT molecular complexity index is 2750. The van der Waals surface area contributed by atoms with Gasteiger partial charge in [-0.2, -0.15) is 0 Å². The molecule has 4 aromatic rings. The Hall–Kier alpha value is -4.49. The number of urea groups is 1. The summed E-state index contributed by atoms with van der Waals surface area (Å²) in [4.78, 5) is 61.5. The first-order valence-electron chi connectivity index (χ1n) is 28.5. The standard InChI is InChI=1S/C58H79N9O7S/c1-36-13-23-65(36)56(70)61-50-52(64-33-58(34-64)18-7-19-58)53-60-47(32-75-53)39-9-12-48-43(28-39)45(30-57(3,4)35-74-55(69)46-8-6-20-67(62-46)54(50)68)51(66(48)24-27-73-42-16-25-72-26-17-42)44-29-40(31-59-49(44)37(2)71-5)38-14-21-63(22-15-38)41-10-11-41/h9,12,28-29,31-32,36-38,41-42,46,50,52,62H,6-8,10-11,13-27,30,33-35H2,1-5H3,(H,61,70)/t36-,37+,46+,50+,52+/m1/s1. The molecule has 3 amide bonds. The molecule has 2 saturated carbocycles. The van der Waals surface area contributed by atoms with Crippen molar-refractivity contribution in [2.45, 2.75) is 166 Å². The molecule has 3 aromatic heterocycles. The van der Waals surface area contributed by atoms with Crippen LogP contribution in [0.15, 0.2) is 35.8 Å². The van der Waals surface area contributed by atoms with Crippen molar-refractivity contribution in [2.75, 3.05) is 72.8 Å². The number of carbonyl (C=O) groups is 3. The monoisotopic (exact) mass is 1050 g/mol.